The van der Waals surface area contributed by atoms with Crippen LogP contribution in [-0.2, 0) is 18.4 Å². The molecule has 1 unspecified atom stereocenters. The summed E-state index contributed by atoms with van der Waals surface area (Å²) in [6.07, 6.45) is 1.77. The van der Waals surface area contributed by atoms with Gasteiger partial charge in [-0.15, -0.1) is 0 Å². The van der Waals surface area contributed by atoms with Crippen molar-refractivity contribution in [2.75, 3.05) is 19.6 Å². The molecule has 1 N–H and O–H groups in total. The molecule has 1 aromatic heterocycles. The van der Waals surface area contributed by atoms with Crippen LogP contribution in [0.15, 0.2) is 24.3 Å². The second-order valence-electron chi connectivity index (χ2n) is 7.37. The number of likely N-dealkylation sites (tertiary alicyclic amines) is 1. The van der Waals surface area contributed by atoms with Crippen molar-refractivity contribution in [3.8, 4) is 0 Å². The lowest BCUT2D eigenvalue weighted by Gasteiger charge is -2.16. The fourth-order valence-corrected chi connectivity index (χ4v) is 3.46. The Bertz CT molecular complexity index is 706. The van der Waals surface area contributed by atoms with Gasteiger partial charge in [0.05, 0.1) is 17.6 Å². The summed E-state index contributed by atoms with van der Waals surface area (Å²) in [5.41, 5.74) is 2.25. The molecule has 0 radical (unpaired) electrons. The first-order valence-corrected chi connectivity index (χ1v) is 8.92. The summed E-state index contributed by atoms with van der Waals surface area (Å²) in [7, 11) is 2.09. The van der Waals surface area contributed by atoms with Crippen molar-refractivity contribution in [2.24, 2.45) is 18.9 Å². The van der Waals surface area contributed by atoms with Gasteiger partial charge in [0.15, 0.2) is 0 Å². The van der Waals surface area contributed by atoms with Crippen LogP contribution >= 0.6 is 0 Å². The number of carbonyl (C=O) groups is 1. The van der Waals surface area contributed by atoms with E-state index in [9.17, 15) is 4.79 Å². The van der Waals surface area contributed by atoms with Crippen molar-refractivity contribution < 1.29 is 4.79 Å². The molecule has 0 spiro atoms. The zero-order valence-corrected chi connectivity index (χ0v) is 15.0. The van der Waals surface area contributed by atoms with Crippen molar-refractivity contribution in [3.05, 3.63) is 30.1 Å². The zero-order valence-electron chi connectivity index (χ0n) is 15.0. The molecule has 1 aliphatic heterocycles. The fraction of sp³-hybridized carbons (Fsp3) is 0.579. The number of fused-ring (bicyclic) bond motifs is 1. The van der Waals surface area contributed by atoms with E-state index in [-0.39, 0.29) is 5.91 Å². The van der Waals surface area contributed by atoms with Crippen LogP contribution in [0.5, 0.6) is 0 Å². The molecule has 5 nitrogen and oxygen atoms in total. The van der Waals surface area contributed by atoms with Gasteiger partial charge in [0.1, 0.15) is 5.82 Å². The number of rotatable bonds is 6. The van der Waals surface area contributed by atoms with Gasteiger partial charge in [0, 0.05) is 26.6 Å². The van der Waals surface area contributed by atoms with E-state index in [4.69, 9.17) is 4.98 Å². The first kappa shape index (κ1) is 17.0. The van der Waals surface area contributed by atoms with E-state index in [1.165, 1.54) is 5.52 Å². The van der Waals surface area contributed by atoms with E-state index in [1.54, 1.807) is 0 Å². The number of imidazole rings is 1. The minimum atomic E-state index is 0.179. The second-order valence-corrected chi connectivity index (χ2v) is 7.37. The molecule has 0 bridgehead atoms. The maximum Gasteiger partial charge on any atom is 0.220 e. The molecule has 1 aliphatic rings. The van der Waals surface area contributed by atoms with Crippen LogP contribution in [0, 0.1) is 11.8 Å². The van der Waals surface area contributed by atoms with Gasteiger partial charge < -0.3 is 9.88 Å². The number of aromatic nitrogens is 2. The molecule has 0 aliphatic carbocycles. The Kier molecular flexibility index (Phi) is 5.19. The number of nitrogens with zero attached hydrogens (tertiary/aromatic N) is 3. The first-order chi connectivity index (χ1) is 11.5. The summed E-state index contributed by atoms with van der Waals surface area (Å²) in [5, 5.41) is 3.09. The van der Waals surface area contributed by atoms with Gasteiger partial charge in [-0.1, -0.05) is 26.0 Å². The highest BCUT2D eigenvalue weighted by Gasteiger charge is 2.24. The van der Waals surface area contributed by atoms with E-state index in [2.05, 4.69) is 53.9 Å². The minimum absolute atomic E-state index is 0.179. The summed E-state index contributed by atoms with van der Waals surface area (Å²) in [6.45, 7) is 7.94. The standard InChI is InChI=1S/C19H28N4O/c1-14(2)10-19(24)20-11-15-8-9-23(12-15)13-18-21-16-6-4-5-7-17(16)22(18)3/h4-7,14-15H,8-13H2,1-3H3,(H,20,24). The molecule has 2 aromatic rings. The minimum Gasteiger partial charge on any atom is -0.356 e. The number of amides is 1. The topological polar surface area (TPSA) is 50.2 Å². The quantitative estimate of drug-likeness (QED) is 0.886. The zero-order chi connectivity index (χ0) is 17.1. The van der Waals surface area contributed by atoms with Gasteiger partial charge in [0.25, 0.3) is 0 Å². The lowest BCUT2D eigenvalue weighted by molar-refractivity contribution is -0.121. The molecular weight excluding hydrogens is 300 g/mol. The summed E-state index contributed by atoms with van der Waals surface area (Å²) in [6, 6.07) is 8.27. The molecule has 5 heteroatoms. The number of hydrogen-bond donors (Lipinski definition) is 1. The van der Waals surface area contributed by atoms with Crippen LogP contribution in [-0.4, -0.2) is 40.0 Å². The van der Waals surface area contributed by atoms with Gasteiger partial charge in [0.2, 0.25) is 5.91 Å². The van der Waals surface area contributed by atoms with Crippen molar-refractivity contribution in [1.82, 2.24) is 19.8 Å². The smallest absolute Gasteiger partial charge is 0.220 e. The van der Waals surface area contributed by atoms with Crippen molar-refractivity contribution in [1.29, 1.82) is 0 Å². The average Bonchev–Trinajstić information content (AvgIpc) is 3.11. The highest BCUT2D eigenvalue weighted by atomic mass is 16.1. The highest BCUT2D eigenvalue weighted by Crippen LogP contribution is 2.20. The molecule has 3 rings (SSSR count). The van der Waals surface area contributed by atoms with E-state index in [1.807, 2.05) is 6.07 Å². The van der Waals surface area contributed by atoms with E-state index >= 15 is 0 Å². The summed E-state index contributed by atoms with van der Waals surface area (Å²) >= 11 is 0. The van der Waals surface area contributed by atoms with Crippen LogP contribution in [0.3, 0.4) is 0 Å². The summed E-state index contributed by atoms with van der Waals surface area (Å²) in [4.78, 5) is 19.0. The van der Waals surface area contributed by atoms with Crippen LogP contribution in [0.2, 0.25) is 0 Å². The number of para-hydroxylation sites is 2. The average molecular weight is 328 g/mol. The van der Waals surface area contributed by atoms with Crippen LogP contribution in [0.4, 0.5) is 0 Å². The predicted octanol–water partition coefficient (Wildman–Crippen LogP) is 2.56. The maximum atomic E-state index is 11.8. The number of carbonyl (C=O) groups excluding carboxylic acids is 1. The molecule has 0 saturated carbocycles. The Balaban J connectivity index is 1.52. The molecule has 1 fully saturated rings. The maximum absolute atomic E-state index is 11.8. The van der Waals surface area contributed by atoms with Gasteiger partial charge >= 0.3 is 0 Å². The molecule has 2 heterocycles. The molecule has 130 valence electrons. The van der Waals surface area contributed by atoms with Gasteiger partial charge in [-0.25, -0.2) is 4.98 Å². The first-order valence-electron chi connectivity index (χ1n) is 8.92. The van der Waals surface area contributed by atoms with E-state index in [0.717, 1.165) is 43.9 Å². The van der Waals surface area contributed by atoms with Crippen LogP contribution < -0.4 is 5.32 Å². The lowest BCUT2D eigenvalue weighted by Crippen LogP contribution is -2.31. The lowest BCUT2D eigenvalue weighted by atomic mass is 10.1. The number of nitrogens with one attached hydrogen (secondary N) is 1. The summed E-state index contributed by atoms with van der Waals surface area (Å²) in [5.74, 6) is 2.26. The SMILES string of the molecule is CC(C)CC(=O)NCC1CCN(Cc2nc3ccccc3n2C)C1. The third-order valence-electron chi connectivity index (χ3n) is 4.80. The second kappa shape index (κ2) is 7.34. The van der Waals surface area contributed by atoms with Crippen molar-refractivity contribution in [3.63, 3.8) is 0 Å². The third-order valence-corrected chi connectivity index (χ3v) is 4.80. The number of aryl methyl sites for hydroxylation is 1. The van der Waals surface area contributed by atoms with E-state index in [0.29, 0.717) is 18.3 Å². The largest absolute Gasteiger partial charge is 0.356 e. The third kappa shape index (κ3) is 3.96. The Hall–Kier alpha value is -1.88. The molecule has 1 atom stereocenters. The van der Waals surface area contributed by atoms with Crippen LogP contribution in [0.25, 0.3) is 11.0 Å². The van der Waals surface area contributed by atoms with Gasteiger partial charge in [-0.2, -0.15) is 0 Å². The predicted molar refractivity (Wildman–Crippen MR) is 96.6 cm³/mol. The molecule has 1 amide bonds. The van der Waals surface area contributed by atoms with Crippen molar-refractivity contribution >= 4 is 16.9 Å². The van der Waals surface area contributed by atoms with Gasteiger partial charge in [-0.3, -0.25) is 9.69 Å². The normalized spacial score (nSPS) is 18.6. The molecule has 1 aromatic carbocycles. The Labute approximate surface area is 144 Å². The van der Waals surface area contributed by atoms with Crippen molar-refractivity contribution in [2.45, 2.75) is 33.2 Å². The van der Waals surface area contributed by atoms with Crippen LogP contribution in [0.1, 0.15) is 32.5 Å². The Morgan fingerprint density at radius 1 is 1.38 bits per heavy atom. The fourth-order valence-electron chi connectivity index (χ4n) is 3.46. The summed E-state index contributed by atoms with van der Waals surface area (Å²) < 4.78 is 2.19. The van der Waals surface area contributed by atoms with E-state index < -0.39 is 0 Å². The Morgan fingerprint density at radius 3 is 2.92 bits per heavy atom. The molecular formula is C19H28N4O. The number of benzene rings is 1. The Morgan fingerprint density at radius 2 is 2.17 bits per heavy atom. The molecule has 24 heavy (non-hydrogen) atoms. The van der Waals surface area contributed by atoms with Gasteiger partial charge in [-0.05, 0) is 36.9 Å². The monoisotopic (exact) mass is 328 g/mol. The molecule has 1 saturated heterocycles. The highest BCUT2D eigenvalue weighted by molar-refractivity contribution is 5.76. The number of hydrogen-bond acceptors (Lipinski definition) is 3.